The molecular weight excluding hydrogens is 613 g/mol. The van der Waals surface area contributed by atoms with E-state index in [-0.39, 0.29) is 21.4 Å². The number of carbonyl (C=O) groups is 4. The average molecular weight is 635 g/mol. The molecule has 0 radical (unpaired) electrons. The Morgan fingerprint density at radius 2 is 1.30 bits per heavy atom. The lowest BCUT2D eigenvalue weighted by atomic mass is 10.0. The number of hydrogen-bond acceptors (Lipinski definition) is 5. The Kier molecular flexibility index (Phi) is 8.82. The first-order valence-corrected chi connectivity index (χ1v) is 14.0. The summed E-state index contributed by atoms with van der Waals surface area (Å²) in [4.78, 5) is 54.9. The van der Waals surface area contributed by atoms with Gasteiger partial charge in [0.2, 0.25) is 0 Å². The normalized spacial score (nSPS) is 13.3. The molecule has 11 heteroatoms. The van der Waals surface area contributed by atoms with Crippen molar-refractivity contribution in [3.8, 4) is 5.75 Å². The average Bonchev–Trinajstić information content (AvgIpc) is 2.98. The number of nitrogens with zero attached hydrogens (tertiary/aromatic N) is 2. The number of amides is 5. The van der Waals surface area contributed by atoms with Gasteiger partial charge >= 0.3 is 6.03 Å². The van der Waals surface area contributed by atoms with Crippen molar-refractivity contribution >= 4 is 81.7 Å². The summed E-state index contributed by atoms with van der Waals surface area (Å²) >= 11 is 19.0. The zero-order valence-corrected chi connectivity index (χ0v) is 24.8. The van der Waals surface area contributed by atoms with Crippen molar-refractivity contribution in [3.63, 3.8) is 0 Å². The molecule has 1 saturated heterocycles. The Hall–Kier alpha value is -4.63. The minimum absolute atomic E-state index is 0.0378. The maximum Gasteiger partial charge on any atom is 0.343 e. The molecule has 0 spiro atoms. The topological polar surface area (TPSA) is 96.0 Å². The fourth-order valence-electron chi connectivity index (χ4n) is 4.31. The van der Waals surface area contributed by atoms with E-state index in [0.717, 1.165) is 15.4 Å². The van der Waals surface area contributed by atoms with Crippen molar-refractivity contribution < 1.29 is 23.9 Å². The van der Waals surface area contributed by atoms with E-state index in [4.69, 9.17) is 39.5 Å². The molecule has 43 heavy (non-hydrogen) atoms. The SMILES string of the molecule is Cc1ccc(NC(=O)COc2c(Cl)cc(C=C3C(=O)N(c4ccccc4)C(=O)N(c4ccccc4)C3=O)cc2Cl)cc1Cl. The Morgan fingerprint density at radius 3 is 1.81 bits per heavy atom. The maximum absolute atomic E-state index is 13.6. The van der Waals surface area contributed by atoms with Crippen LogP contribution in [0.3, 0.4) is 0 Å². The number of nitrogens with one attached hydrogen (secondary N) is 1. The van der Waals surface area contributed by atoms with E-state index in [2.05, 4.69) is 5.32 Å². The van der Waals surface area contributed by atoms with E-state index in [1.165, 1.54) is 18.2 Å². The number of urea groups is 1. The largest absolute Gasteiger partial charge is 0.481 e. The molecule has 0 aromatic heterocycles. The molecule has 216 valence electrons. The number of halogens is 3. The Labute approximate surface area is 262 Å². The van der Waals surface area contributed by atoms with Gasteiger partial charge in [0.25, 0.3) is 17.7 Å². The number of ether oxygens (including phenoxy) is 1. The van der Waals surface area contributed by atoms with Gasteiger partial charge in [-0.15, -0.1) is 0 Å². The van der Waals surface area contributed by atoms with Gasteiger partial charge in [-0.2, -0.15) is 0 Å². The van der Waals surface area contributed by atoms with E-state index in [1.807, 2.05) is 6.92 Å². The zero-order valence-electron chi connectivity index (χ0n) is 22.5. The number of benzene rings is 4. The summed E-state index contributed by atoms with van der Waals surface area (Å²) in [6, 6.07) is 23.7. The van der Waals surface area contributed by atoms with Gasteiger partial charge in [0, 0.05) is 10.7 Å². The highest BCUT2D eigenvalue weighted by Gasteiger charge is 2.43. The Balaban J connectivity index is 1.42. The van der Waals surface area contributed by atoms with Crippen molar-refractivity contribution in [1.82, 2.24) is 0 Å². The molecule has 5 amide bonds. The van der Waals surface area contributed by atoms with Crippen LogP contribution in [0, 0.1) is 6.92 Å². The number of anilines is 3. The van der Waals surface area contributed by atoms with Gasteiger partial charge < -0.3 is 10.1 Å². The van der Waals surface area contributed by atoms with E-state index in [9.17, 15) is 19.2 Å². The second-order valence-corrected chi connectivity index (χ2v) is 10.6. The third-order valence-corrected chi connectivity index (χ3v) is 7.38. The molecule has 1 aliphatic heterocycles. The van der Waals surface area contributed by atoms with Crippen LogP contribution >= 0.6 is 34.8 Å². The summed E-state index contributed by atoms with van der Waals surface area (Å²) in [5.74, 6) is -2.05. The molecule has 0 saturated carbocycles. The molecule has 1 fully saturated rings. The molecule has 4 aromatic rings. The molecule has 0 atom stereocenters. The molecule has 0 aliphatic carbocycles. The van der Waals surface area contributed by atoms with Crippen LogP contribution in [-0.2, 0) is 14.4 Å². The van der Waals surface area contributed by atoms with E-state index < -0.39 is 30.4 Å². The Morgan fingerprint density at radius 1 is 0.767 bits per heavy atom. The lowest BCUT2D eigenvalue weighted by Crippen LogP contribution is -2.57. The highest BCUT2D eigenvalue weighted by Crippen LogP contribution is 2.36. The van der Waals surface area contributed by atoms with Gasteiger partial charge in [0.05, 0.1) is 21.4 Å². The lowest BCUT2D eigenvalue weighted by Gasteiger charge is -2.33. The molecule has 1 N–H and O–H groups in total. The van der Waals surface area contributed by atoms with E-state index in [0.29, 0.717) is 27.6 Å². The lowest BCUT2D eigenvalue weighted by molar-refractivity contribution is -0.121. The second kappa shape index (κ2) is 12.7. The van der Waals surface area contributed by atoms with Gasteiger partial charge in [0.15, 0.2) is 12.4 Å². The fraction of sp³-hybridized carbons (Fsp3) is 0.0625. The second-order valence-electron chi connectivity index (χ2n) is 9.41. The van der Waals surface area contributed by atoms with Crippen molar-refractivity contribution in [3.05, 3.63) is 123 Å². The van der Waals surface area contributed by atoms with Crippen LogP contribution in [0.5, 0.6) is 5.75 Å². The summed E-state index contributed by atoms with van der Waals surface area (Å²) in [5.41, 5.74) is 1.97. The number of para-hydroxylation sites is 2. The molecule has 0 unspecified atom stereocenters. The van der Waals surface area contributed by atoms with Crippen molar-refractivity contribution in [2.75, 3.05) is 21.7 Å². The molecular formula is C32H22Cl3N3O5. The van der Waals surface area contributed by atoms with Crippen molar-refractivity contribution in [2.45, 2.75) is 6.92 Å². The molecule has 1 heterocycles. The molecule has 0 bridgehead atoms. The minimum atomic E-state index is -0.811. The van der Waals surface area contributed by atoms with Gasteiger partial charge in [-0.25, -0.2) is 14.6 Å². The third kappa shape index (κ3) is 6.41. The highest BCUT2D eigenvalue weighted by atomic mass is 35.5. The van der Waals surface area contributed by atoms with Crippen molar-refractivity contribution in [2.24, 2.45) is 0 Å². The first kappa shape index (κ1) is 29.8. The van der Waals surface area contributed by atoms with Crippen LogP contribution in [0.2, 0.25) is 15.1 Å². The number of hydrogen-bond donors (Lipinski definition) is 1. The van der Waals surface area contributed by atoms with Crippen LogP contribution in [0.25, 0.3) is 6.08 Å². The van der Waals surface area contributed by atoms with Gasteiger partial charge in [-0.3, -0.25) is 14.4 Å². The van der Waals surface area contributed by atoms with E-state index in [1.54, 1.807) is 78.9 Å². The van der Waals surface area contributed by atoms with Crippen LogP contribution in [0.1, 0.15) is 11.1 Å². The number of rotatable bonds is 7. The van der Waals surface area contributed by atoms with Gasteiger partial charge in [-0.05, 0) is 72.7 Å². The number of imide groups is 2. The molecule has 8 nitrogen and oxygen atoms in total. The zero-order chi connectivity index (χ0) is 30.7. The smallest absolute Gasteiger partial charge is 0.343 e. The number of barbiturate groups is 1. The van der Waals surface area contributed by atoms with Crippen LogP contribution in [0.15, 0.2) is 96.6 Å². The quantitative estimate of drug-likeness (QED) is 0.167. The molecule has 4 aromatic carbocycles. The van der Waals surface area contributed by atoms with Crippen LogP contribution < -0.4 is 19.9 Å². The predicted molar refractivity (Wildman–Crippen MR) is 168 cm³/mol. The first-order valence-electron chi connectivity index (χ1n) is 12.9. The van der Waals surface area contributed by atoms with Gasteiger partial charge in [-0.1, -0.05) is 77.3 Å². The number of carbonyl (C=O) groups excluding carboxylic acids is 4. The first-order chi connectivity index (χ1) is 20.6. The van der Waals surface area contributed by atoms with Crippen LogP contribution in [-0.4, -0.2) is 30.4 Å². The summed E-state index contributed by atoms with van der Waals surface area (Å²) in [7, 11) is 0. The fourth-order valence-corrected chi connectivity index (χ4v) is 5.11. The summed E-state index contributed by atoms with van der Waals surface area (Å²) in [6.07, 6.45) is 1.30. The summed E-state index contributed by atoms with van der Waals surface area (Å²) in [5, 5.41) is 3.26. The van der Waals surface area contributed by atoms with E-state index >= 15 is 0 Å². The highest BCUT2D eigenvalue weighted by molar-refractivity contribution is 6.46. The monoisotopic (exact) mass is 633 g/mol. The summed E-state index contributed by atoms with van der Waals surface area (Å²) < 4.78 is 5.58. The predicted octanol–water partition coefficient (Wildman–Crippen LogP) is 7.56. The minimum Gasteiger partial charge on any atom is -0.481 e. The summed E-state index contributed by atoms with van der Waals surface area (Å²) in [6.45, 7) is 1.45. The molecule has 1 aliphatic rings. The standard InChI is InChI=1S/C32H22Cl3N3O5/c1-19-12-13-21(17-25(19)33)36-28(39)18-43-29-26(34)15-20(16-27(29)35)14-24-30(40)37(22-8-4-2-5-9-22)32(42)38(31(24)41)23-10-6-3-7-11-23/h2-17H,18H2,1H3,(H,36,39). The number of aryl methyl sites for hydroxylation is 1. The Bertz CT molecular complexity index is 1690. The third-order valence-electron chi connectivity index (χ3n) is 6.41. The maximum atomic E-state index is 13.6. The molecule has 5 rings (SSSR count). The van der Waals surface area contributed by atoms with Crippen LogP contribution in [0.4, 0.5) is 21.9 Å². The van der Waals surface area contributed by atoms with Crippen molar-refractivity contribution in [1.29, 1.82) is 0 Å². The van der Waals surface area contributed by atoms with Gasteiger partial charge in [0.1, 0.15) is 5.57 Å².